The van der Waals surface area contributed by atoms with Gasteiger partial charge < -0.3 is 9.47 Å². The van der Waals surface area contributed by atoms with E-state index >= 15 is 0 Å². The van der Waals surface area contributed by atoms with Crippen LogP contribution in [0.3, 0.4) is 0 Å². The number of halogens is 2. The van der Waals surface area contributed by atoms with Crippen molar-refractivity contribution in [2.75, 3.05) is 0 Å². The SMILES string of the molecule is Cc1cc(C)c(C2C(=O)OC3(CCCCC3)C2=O)c(OC(F)F)c1. The summed E-state index contributed by atoms with van der Waals surface area (Å²) in [6, 6.07) is 3.18. The quantitative estimate of drug-likeness (QED) is 0.621. The van der Waals surface area contributed by atoms with Crippen LogP contribution in [0.25, 0.3) is 0 Å². The first-order valence-corrected chi connectivity index (χ1v) is 8.17. The number of hydrogen-bond acceptors (Lipinski definition) is 4. The maximum atomic E-state index is 13.0. The molecule has 1 unspecified atom stereocenters. The molecular weight excluding hydrogens is 318 g/mol. The van der Waals surface area contributed by atoms with Gasteiger partial charge in [0.05, 0.1) is 0 Å². The van der Waals surface area contributed by atoms with Crippen LogP contribution in [-0.2, 0) is 14.3 Å². The molecule has 24 heavy (non-hydrogen) atoms. The maximum Gasteiger partial charge on any atom is 0.387 e. The highest BCUT2D eigenvalue weighted by atomic mass is 19.3. The van der Waals surface area contributed by atoms with Crippen molar-refractivity contribution in [1.82, 2.24) is 0 Å². The monoisotopic (exact) mass is 338 g/mol. The average Bonchev–Trinajstić information content (AvgIpc) is 2.71. The van der Waals surface area contributed by atoms with Gasteiger partial charge in [-0.3, -0.25) is 9.59 Å². The van der Waals surface area contributed by atoms with E-state index in [2.05, 4.69) is 4.74 Å². The fourth-order valence-corrected chi connectivity index (χ4v) is 3.90. The van der Waals surface area contributed by atoms with E-state index in [0.29, 0.717) is 18.4 Å². The first kappa shape index (κ1) is 16.9. The molecule has 4 nitrogen and oxygen atoms in total. The molecule has 0 aromatic heterocycles. The van der Waals surface area contributed by atoms with E-state index in [4.69, 9.17) is 4.74 Å². The topological polar surface area (TPSA) is 52.6 Å². The van der Waals surface area contributed by atoms with Crippen LogP contribution in [0, 0.1) is 13.8 Å². The van der Waals surface area contributed by atoms with E-state index in [1.807, 2.05) is 0 Å². The molecule has 2 fully saturated rings. The molecule has 1 aliphatic heterocycles. The molecule has 0 N–H and O–H groups in total. The summed E-state index contributed by atoms with van der Waals surface area (Å²) in [5.41, 5.74) is 0.421. The average molecular weight is 338 g/mol. The Morgan fingerprint density at radius 2 is 1.83 bits per heavy atom. The van der Waals surface area contributed by atoms with Crippen LogP contribution >= 0.6 is 0 Å². The van der Waals surface area contributed by atoms with Crippen molar-refractivity contribution in [2.45, 2.75) is 64.1 Å². The molecule has 1 aliphatic carbocycles. The highest BCUT2D eigenvalue weighted by Gasteiger charge is 2.56. The zero-order chi connectivity index (χ0) is 17.5. The van der Waals surface area contributed by atoms with E-state index in [1.165, 1.54) is 6.07 Å². The Morgan fingerprint density at radius 3 is 2.46 bits per heavy atom. The maximum absolute atomic E-state index is 13.0. The van der Waals surface area contributed by atoms with Gasteiger partial charge in [-0.15, -0.1) is 0 Å². The van der Waals surface area contributed by atoms with Gasteiger partial charge in [0, 0.05) is 5.56 Å². The Balaban J connectivity index is 2.05. The molecule has 1 saturated carbocycles. The number of ether oxygens (including phenoxy) is 2. The molecule has 130 valence electrons. The van der Waals surface area contributed by atoms with Gasteiger partial charge in [-0.2, -0.15) is 8.78 Å². The van der Waals surface area contributed by atoms with Gasteiger partial charge in [0.25, 0.3) is 0 Å². The van der Waals surface area contributed by atoms with Gasteiger partial charge in [0.2, 0.25) is 0 Å². The van der Waals surface area contributed by atoms with Gasteiger partial charge in [-0.25, -0.2) is 0 Å². The van der Waals surface area contributed by atoms with Gasteiger partial charge in [-0.05, 0) is 56.7 Å². The van der Waals surface area contributed by atoms with E-state index in [0.717, 1.165) is 24.8 Å². The first-order valence-electron chi connectivity index (χ1n) is 8.17. The van der Waals surface area contributed by atoms with Gasteiger partial charge in [0.15, 0.2) is 11.4 Å². The highest BCUT2D eigenvalue weighted by molar-refractivity contribution is 6.14. The molecule has 1 heterocycles. The summed E-state index contributed by atoms with van der Waals surface area (Å²) in [4.78, 5) is 25.4. The molecule has 1 spiro atoms. The Hall–Kier alpha value is -1.98. The van der Waals surface area contributed by atoms with Crippen molar-refractivity contribution in [3.63, 3.8) is 0 Å². The van der Waals surface area contributed by atoms with E-state index in [9.17, 15) is 18.4 Å². The molecule has 3 rings (SSSR count). The number of Topliss-reactive ketones (excluding diaryl/α,β-unsaturated/α-hetero) is 1. The molecule has 1 aromatic carbocycles. The first-order chi connectivity index (χ1) is 11.3. The number of carbonyl (C=O) groups is 2. The Morgan fingerprint density at radius 1 is 1.17 bits per heavy atom. The summed E-state index contributed by atoms with van der Waals surface area (Å²) < 4.78 is 35.6. The van der Waals surface area contributed by atoms with Crippen molar-refractivity contribution < 1.29 is 27.8 Å². The van der Waals surface area contributed by atoms with Crippen molar-refractivity contribution in [2.24, 2.45) is 0 Å². The van der Waals surface area contributed by atoms with Crippen LogP contribution in [0.4, 0.5) is 8.78 Å². The normalized spacial score (nSPS) is 23.0. The lowest BCUT2D eigenvalue weighted by Gasteiger charge is -2.30. The van der Waals surface area contributed by atoms with E-state index in [-0.39, 0.29) is 17.1 Å². The molecule has 2 aliphatic rings. The predicted octanol–water partition coefficient (Wildman–Crippen LogP) is 3.82. The molecular formula is C18H20F2O4. The third-order valence-corrected chi connectivity index (χ3v) is 4.90. The summed E-state index contributed by atoms with van der Waals surface area (Å²) >= 11 is 0. The molecule has 1 saturated heterocycles. The van der Waals surface area contributed by atoms with Gasteiger partial charge >= 0.3 is 12.6 Å². The summed E-state index contributed by atoms with van der Waals surface area (Å²) in [5, 5.41) is 0. The fraction of sp³-hybridized carbons (Fsp3) is 0.556. The van der Waals surface area contributed by atoms with Crippen molar-refractivity contribution >= 4 is 11.8 Å². The minimum Gasteiger partial charge on any atom is -0.450 e. The molecule has 6 heteroatoms. The zero-order valence-corrected chi connectivity index (χ0v) is 13.7. The number of benzene rings is 1. The molecule has 0 bridgehead atoms. The summed E-state index contributed by atoms with van der Waals surface area (Å²) in [5.74, 6) is -2.28. The van der Waals surface area contributed by atoms with E-state index in [1.54, 1.807) is 19.9 Å². The lowest BCUT2D eigenvalue weighted by molar-refractivity contribution is -0.154. The standard InChI is InChI=1S/C18H20F2O4/c1-10-8-11(2)13(12(9-10)23-17(19)20)14-15(21)18(24-16(14)22)6-4-3-5-7-18/h8-9,14,17H,3-7H2,1-2H3. The molecule has 1 atom stereocenters. The third-order valence-electron chi connectivity index (χ3n) is 4.90. The lowest BCUT2D eigenvalue weighted by atomic mass is 9.77. The Labute approximate surface area is 139 Å². The van der Waals surface area contributed by atoms with Crippen LogP contribution in [0.15, 0.2) is 12.1 Å². The summed E-state index contributed by atoms with van der Waals surface area (Å²) in [6.45, 7) is 0.403. The fourth-order valence-electron chi connectivity index (χ4n) is 3.90. The lowest BCUT2D eigenvalue weighted by Crippen LogP contribution is -2.39. The van der Waals surface area contributed by atoms with Crippen molar-refractivity contribution in [1.29, 1.82) is 0 Å². The zero-order valence-electron chi connectivity index (χ0n) is 13.7. The second kappa shape index (κ2) is 6.15. The molecule has 1 aromatic rings. The number of carbonyl (C=O) groups excluding carboxylic acids is 2. The summed E-state index contributed by atoms with van der Waals surface area (Å²) in [7, 11) is 0. The molecule has 0 amide bonds. The van der Waals surface area contributed by atoms with Crippen LogP contribution in [0.1, 0.15) is 54.7 Å². The third kappa shape index (κ3) is 2.78. The number of rotatable bonds is 3. The molecule has 0 radical (unpaired) electrons. The van der Waals surface area contributed by atoms with Crippen molar-refractivity contribution in [3.8, 4) is 5.75 Å². The summed E-state index contributed by atoms with van der Waals surface area (Å²) in [6.07, 6.45) is 3.65. The minimum atomic E-state index is -3.03. The Bertz CT molecular complexity index is 678. The second-order valence-electron chi connectivity index (χ2n) is 6.65. The van der Waals surface area contributed by atoms with Crippen LogP contribution in [0.5, 0.6) is 5.75 Å². The van der Waals surface area contributed by atoms with Crippen LogP contribution < -0.4 is 4.74 Å². The van der Waals surface area contributed by atoms with Gasteiger partial charge in [0.1, 0.15) is 11.7 Å². The number of alkyl halides is 2. The number of ketones is 1. The van der Waals surface area contributed by atoms with Crippen LogP contribution in [0.2, 0.25) is 0 Å². The van der Waals surface area contributed by atoms with Crippen molar-refractivity contribution in [3.05, 3.63) is 28.8 Å². The number of esters is 1. The van der Waals surface area contributed by atoms with Gasteiger partial charge in [-0.1, -0.05) is 12.5 Å². The van der Waals surface area contributed by atoms with Crippen LogP contribution in [-0.4, -0.2) is 24.0 Å². The minimum absolute atomic E-state index is 0.120. The number of hydrogen-bond donors (Lipinski definition) is 0. The smallest absolute Gasteiger partial charge is 0.387 e. The Kier molecular flexibility index (Phi) is 4.32. The largest absolute Gasteiger partial charge is 0.450 e. The number of aryl methyl sites for hydroxylation is 2. The second-order valence-corrected chi connectivity index (χ2v) is 6.65. The predicted molar refractivity (Wildman–Crippen MR) is 82.2 cm³/mol. The highest BCUT2D eigenvalue weighted by Crippen LogP contribution is 2.46. The van der Waals surface area contributed by atoms with E-state index < -0.39 is 24.1 Å².